The van der Waals surface area contributed by atoms with Crippen LogP contribution in [-0.4, -0.2) is 35.6 Å². The minimum absolute atomic E-state index is 0.343. The molecule has 0 aliphatic carbocycles. The third-order valence-corrected chi connectivity index (χ3v) is 5.88. The van der Waals surface area contributed by atoms with Crippen LogP contribution in [0, 0.1) is 0 Å². The van der Waals surface area contributed by atoms with E-state index in [9.17, 15) is 4.79 Å². The molecular weight excluding hydrogens is 339 g/mol. The second-order valence-electron chi connectivity index (χ2n) is 3.59. The SMILES string of the molecule is [CH3][Bi]([CH3])[NH]C(=O)[Si](C)(C)C. The molecule has 10 heavy (non-hydrogen) atoms. The van der Waals surface area contributed by atoms with Gasteiger partial charge in [-0.3, -0.25) is 0 Å². The van der Waals surface area contributed by atoms with Crippen molar-refractivity contribution in [3.8, 4) is 0 Å². The second-order valence-corrected chi connectivity index (χ2v) is 16.4. The van der Waals surface area contributed by atoms with Crippen molar-refractivity contribution < 1.29 is 4.79 Å². The second kappa shape index (κ2) is 3.82. The first kappa shape index (κ1) is 10.6. The van der Waals surface area contributed by atoms with Gasteiger partial charge in [-0.05, 0) is 0 Å². The van der Waals surface area contributed by atoms with Gasteiger partial charge in [0.25, 0.3) is 0 Å². The average Bonchev–Trinajstić information content (AvgIpc) is 1.60. The number of carbonyl (C=O) groups is 1. The van der Waals surface area contributed by atoms with Gasteiger partial charge in [0.1, 0.15) is 0 Å². The number of nitrogens with one attached hydrogen (secondary N) is 1. The van der Waals surface area contributed by atoms with Crippen LogP contribution in [0.3, 0.4) is 0 Å². The molecular formula is C6H16BiNOSi. The van der Waals surface area contributed by atoms with E-state index >= 15 is 0 Å². The molecule has 0 fully saturated rings. The molecule has 60 valence electrons. The van der Waals surface area contributed by atoms with E-state index in [-0.39, 0.29) is 0 Å². The fourth-order valence-electron chi connectivity index (χ4n) is 0.371. The predicted octanol–water partition coefficient (Wildman–Crippen LogP) is 1.87. The fourth-order valence-corrected chi connectivity index (χ4v) is 8.16. The number of hydrogen-bond acceptors (Lipinski definition) is 1. The zero-order valence-electron chi connectivity index (χ0n) is 7.36. The van der Waals surface area contributed by atoms with Crippen LogP contribution >= 0.6 is 0 Å². The van der Waals surface area contributed by atoms with Crippen molar-refractivity contribution in [2.24, 2.45) is 0 Å². The van der Waals surface area contributed by atoms with E-state index in [1.54, 1.807) is 0 Å². The van der Waals surface area contributed by atoms with Gasteiger partial charge >= 0.3 is 72.6 Å². The van der Waals surface area contributed by atoms with Gasteiger partial charge in [-0.25, -0.2) is 0 Å². The Kier molecular flexibility index (Phi) is 4.03. The summed E-state index contributed by atoms with van der Waals surface area (Å²) in [7, 11) is -1.52. The van der Waals surface area contributed by atoms with Crippen molar-refractivity contribution in [2.75, 3.05) is 0 Å². The van der Waals surface area contributed by atoms with Gasteiger partial charge in [-0.2, -0.15) is 0 Å². The van der Waals surface area contributed by atoms with Crippen molar-refractivity contribution in [1.82, 2.24) is 3.26 Å². The Hall–Kier alpha value is 0.570. The average molecular weight is 355 g/mol. The van der Waals surface area contributed by atoms with Crippen LogP contribution in [0.1, 0.15) is 0 Å². The molecule has 0 saturated carbocycles. The summed E-state index contributed by atoms with van der Waals surface area (Å²) < 4.78 is 7.48. The molecule has 0 saturated heterocycles. The number of carbonyl (C=O) groups excluding carboxylic acids is 1. The summed E-state index contributed by atoms with van der Waals surface area (Å²) in [6.45, 7) is 6.24. The van der Waals surface area contributed by atoms with Crippen molar-refractivity contribution >= 4 is 35.6 Å². The van der Waals surface area contributed by atoms with Gasteiger partial charge in [0.2, 0.25) is 0 Å². The maximum absolute atomic E-state index is 11.3. The van der Waals surface area contributed by atoms with Gasteiger partial charge in [0.15, 0.2) is 0 Å². The summed E-state index contributed by atoms with van der Waals surface area (Å²) in [6.07, 6.45) is 0. The third kappa shape index (κ3) is 4.40. The van der Waals surface area contributed by atoms with Crippen LogP contribution in [0.4, 0.5) is 4.79 Å². The molecule has 0 aromatic heterocycles. The summed E-state index contributed by atoms with van der Waals surface area (Å²) in [5, 5.41) is 0. The molecule has 1 amide bonds. The first-order valence-corrected chi connectivity index (χ1v) is 15.5. The number of rotatable bonds is 2. The Morgan fingerprint density at radius 3 is 1.80 bits per heavy atom. The van der Waals surface area contributed by atoms with E-state index in [0.29, 0.717) is 5.53 Å². The molecule has 1 N–H and O–H groups in total. The minimum atomic E-state index is -1.52. The van der Waals surface area contributed by atoms with Gasteiger partial charge in [-0.1, -0.05) is 0 Å². The van der Waals surface area contributed by atoms with Gasteiger partial charge in [0.05, 0.1) is 0 Å². The van der Waals surface area contributed by atoms with E-state index in [0.717, 1.165) is 0 Å². The quantitative estimate of drug-likeness (QED) is 0.753. The van der Waals surface area contributed by atoms with E-state index in [1.165, 1.54) is 0 Å². The molecule has 4 heteroatoms. The van der Waals surface area contributed by atoms with Gasteiger partial charge in [-0.15, -0.1) is 0 Å². The zero-order chi connectivity index (χ0) is 8.36. The zero-order valence-corrected chi connectivity index (χ0v) is 11.8. The first-order valence-electron chi connectivity index (χ1n) is 3.32. The molecule has 0 aromatic carbocycles. The maximum atomic E-state index is 11.3. The Morgan fingerprint density at radius 1 is 1.30 bits per heavy atom. The Bertz CT molecular complexity index is 130. The van der Waals surface area contributed by atoms with Crippen molar-refractivity contribution in [2.45, 2.75) is 28.9 Å². The molecule has 0 heterocycles. The molecule has 0 bridgehead atoms. The summed E-state index contributed by atoms with van der Waals surface area (Å²) in [5.74, 6) is 0. The van der Waals surface area contributed by atoms with Crippen LogP contribution in [0.25, 0.3) is 0 Å². The van der Waals surface area contributed by atoms with Crippen LogP contribution in [-0.2, 0) is 0 Å². The molecule has 0 atom stereocenters. The summed E-state index contributed by atoms with van der Waals surface area (Å²) in [6, 6.07) is 0. The Labute approximate surface area is 72.5 Å². The summed E-state index contributed by atoms with van der Waals surface area (Å²) in [5.41, 5.74) is 0.343. The van der Waals surface area contributed by atoms with Gasteiger partial charge in [0, 0.05) is 0 Å². The van der Waals surface area contributed by atoms with Crippen LogP contribution in [0.2, 0.25) is 28.9 Å². The summed E-state index contributed by atoms with van der Waals surface area (Å²) >= 11 is -1.44. The van der Waals surface area contributed by atoms with Crippen LogP contribution in [0.15, 0.2) is 0 Å². The molecule has 0 rings (SSSR count). The van der Waals surface area contributed by atoms with E-state index in [2.05, 4.69) is 32.2 Å². The fraction of sp³-hybridized carbons (Fsp3) is 0.833. The predicted molar refractivity (Wildman–Crippen MR) is 49.4 cm³/mol. The third-order valence-electron chi connectivity index (χ3n) is 1.01. The van der Waals surface area contributed by atoms with Crippen molar-refractivity contribution in [3.63, 3.8) is 0 Å². The van der Waals surface area contributed by atoms with Crippen molar-refractivity contribution in [3.05, 3.63) is 0 Å². The first-order chi connectivity index (χ1) is 4.34. The van der Waals surface area contributed by atoms with Crippen LogP contribution in [0.5, 0.6) is 0 Å². The topological polar surface area (TPSA) is 29.1 Å². The molecule has 0 unspecified atom stereocenters. The number of hydrogen-bond donors (Lipinski definition) is 1. The standard InChI is InChI=1S/C4H11NOSi.2CH3.Bi/c1-7(2,3)4(5)6;;;/h1-3H3,(H2,5,6);2*1H3;/q;;;+1/p-1. The molecule has 2 nitrogen and oxygen atoms in total. The van der Waals surface area contributed by atoms with Crippen molar-refractivity contribution in [1.29, 1.82) is 0 Å². The molecule has 0 radical (unpaired) electrons. The molecule has 0 spiro atoms. The van der Waals surface area contributed by atoms with E-state index in [1.807, 2.05) is 0 Å². The Balaban J connectivity index is 3.87. The van der Waals surface area contributed by atoms with Gasteiger partial charge < -0.3 is 0 Å². The summed E-state index contributed by atoms with van der Waals surface area (Å²) in [4.78, 5) is 11.3. The normalized spacial score (nSPS) is 11.8. The molecule has 0 aliphatic heterocycles. The van der Waals surface area contributed by atoms with E-state index in [4.69, 9.17) is 0 Å². The Morgan fingerprint density at radius 2 is 1.70 bits per heavy atom. The van der Waals surface area contributed by atoms with E-state index < -0.39 is 30.1 Å². The number of amides is 1. The monoisotopic (exact) mass is 355 g/mol. The molecule has 0 aliphatic rings. The van der Waals surface area contributed by atoms with Crippen LogP contribution < -0.4 is 3.26 Å². The molecule has 0 aromatic rings.